The number of rotatable bonds is 5. The molecule has 4 heterocycles. The predicted molar refractivity (Wildman–Crippen MR) is 128 cm³/mol. The number of fused-ring (bicyclic) bond motifs is 1. The lowest BCUT2D eigenvalue weighted by molar-refractivity contribution is 0.114. The number of benzene rings is 1. The molecular weight excluding hydrogens is 408 g/mol. The monoisotopic (exact) mass is 438 g/mol. The first-order valence-electron chi connectivity index (χ1n) is 11.4. The number of aromatic nitrogens is 2. The zero-order chi connectivity index (χ0) is 21.0. The summed E-state index contributed by atoms with van der Waals surface area (Å²) in [7, 11) is 0. The van der Waals surface area contributed by atoms with E-state index in [0.29, 0.717) is 17.6 Å². The average Bonchev–Trinajstić information content (AvgIpc) is 3.48. The Morgan fingerprint density at radius 3 is 2.39 bits per heavy atom. The topological polar surface area (TPSA) is 65.6 Å². The molecule has 1 aromatic heterocycles. The van der Waals surface area contributed by atoms with Gasteiger partial charge >= 0.3 is 0 Å². The largest absolute Gasteiger partial charge is 0.376 e. The van der Waals surface area contributed by atoms with E-state index in [9.17, 15) is 0 Å². The van der Waals surface area contributed by atoms with Gasteiger partial charge in [-0.2, -0.15) is 9.97 Å². The van der Waals surface area contributed by atoms with Crippen molar-refractivity contribution in [1.29, 1.82) is 0 Å². The van der Waals surface area contributed by atoms with Crippen LogP contribution in [0.15, 0.2) is 30.3 Å². The quantitative estimate of drug-likeness (QED) is 0.688. The van der Waals surface area contributed by atoms with Crippen LogP contribution in [0.3, 0.4) is 0 Å². The van der Waals surface area contributed by atoms with Gasteiger partial charge in [0.2, 0.25) is 5.95 Å². The second kappa shape index (κ2) is 9.36. The fourth-order valence-corrected chi connectivity index (χ4v) is 4.75. The van der Waals surface area contributed by atoms with Gasteiger partial charge in [-0.3, -0.25) is 0 Å². The SMILES string of the molecule is S=C(NC[C@@H]1CCCO1)Nc1nc(N2CCCCC2)cc(N2Cc3ccccc3C2)n1. The number of hydrogen-bond acceptors (Lipinski definition) is 6. The highest BCUT2D eigenvalue weighted by molar-refractivity contribution is 7.80. The molecule has 2 aromatic rings. The third kappa shape index (κ3) is 4.91. The summed E-state index contributed by atoms with van der Waals surface area (Å²) in [6, 6.07) is 10.7. The smallest absolute Gasteiger partial charge is 0.232 e. The summed E-state index contributed by atoms with van der Waals surface area (Å²) in [4.78, 5) is 14.3. The van der Waals surface area contributed by atoms with Gasteiger partial charge in [0.15, 0.2) is 5.11 Å². The van der Waals surface area contributed by atoms with Gasteiger partial charge in [0.25, 0.3) is 0 Å². The summed E-state index contributed by atoms with van der Waals surface area (Å²) in [6.45, 7) is 5.37. The molecule has 1 atom stereocenters. The summed E-state index contributed by atoms with van der Waals surface area (Å²) in [5, 5.41) is 7.03. The predicted octanol–water partition coefficient (Wildman–Crippen LogP) is 3.45. The zero-order valence-electron chi connectivity index (χ0n) is 17.8. The maximum atomic E-state index is 5.67. The van der Waals surface area contributed by atoms with Crippen LogP contribution in [0.1, 0.15) is 43.2 Å². The number of thiocarbonyl (C=S) groups is 1. The Balaban J connectivity index is 1.34. The van der Waals surface area contributed by atoms with E-state index < -0.39 is 0 Å². The van der Waals surface area contributed by atoms with Gasteiger partial charge in [-0.05, 0) is 55.4 Å². The molecule has 8 heteroatoms. The Hall–Kier alpha value is -2.45. The van der Waals surface area contributed by atoms with E-state index >= 15 is 0 Å². The van der Waals surface area contributed by atoms with Gasteiger partial charge in [-0.15, -0.1) is 0 Å². The minimum Gasteiger partial charge on any atom is -0.376 e. The second-order valence-electron chi connectivity index (χ2n) is 8.55. The fourth-order valence-electron chi connectivity index (χ4n) is 4.58. The second-order valence-corrected chi connectivity index (χ2v) is 8.96. The molecule has 5 rings (SSSR count). The van der Waals surface area contributed by atoms with E-state index in [0.717, 1.165) is 57.3 Å². The summed E-state index contributed by atoms with van der Waals surface area (Å²) in [5.74, 6) is 2.47. The van der Waals surface area contributed by atoms with Gasteiger partial charge in [-0.1, -0.05) is 24.3 Å². The summed E-state index contributed by atoms with van der Waals surface area (Å²) in [5.41, 5.74) is 2.73. The fraction of sp³-hybridized carbons (Fsp3) is 0.522. The van der Waals surface area contributed by atoms with Crippen LogP contribution in [-0.2, 0) is 17.8 Å². The summed E-state index contributed by atoms with van der Waals surface area (Å²) < 4.78 is 5.67. The molecule has 3 aliphatic heterocycles. The first-order valence-corrected chi connectivity index (χ1v) is 11.8. The molecule has 2 fully saturated rings. The number of piperidine rings is 1. The Morgan fingerprint density at radius 2 is 1.71 bits per heavy atom. The van der Waals surface area contributed by atoms with Crippen molar-refractivity contribution in [3.05, 3.63) is 41.5 Å². The molecule has 3 aliphatic rings. The third-order valence-corrected chi connectivity index (χ3v) is 6.53. The van der Waals surface area contributed by atoms with Crippen molar-refractivity contribution in [3.63, 3.8) is 0 Å². The molecule has 0 amide bonds. The molecule has 2 saturated heterocycles. The molecule has 0 aliphatic carbocycles. The average molecular weight is 439 g/mol. The minimum absolute atomic E-state index is 0.235. The summed E-state index contributed by atoms with van der Waals surface area (Å²) in [6.07, 6.45) is 6.14. The number of anilines is 3. The minimum atomic E-state index is 0.235. The van der Waals surface area contributed by atoms with E-state index in [1.165, 1.54) is 30.4 Å². The Kier molecular flexibility index (Phi) is 6.18. The molecule has 0 saturated carbocycles. The molecule has 0 bridgehead atoms. The maximum Gasteiger partial charge on any atom is 0.232 e. The van der Waals surface area contributed by atoms with E-state index in [-0.39, 0.29) is 6.10 Å². The van der Waals surface area contributed by atoms with Crippen LogP contribution in [0.5, 0.6) is 0 Å². The third-order valence-electron chi connectivity index (χ3n) is 6.28. The lowest BCUT2D eigenvalue weighted by Gasteiger charge is -2.29. The van der Waals surface area contributed by atoms with Gasteiger partial charge in [0.1, 0.15) is 11.6 Å². The first-order chi connectivity index (χ1) is 15.2. The molecule has 2 N–H and O–H groups in total. The van der Waals surface area contributed by atoms with Gasteiger partial charge < -0.3 is 25.2 Å². The number of nitrogens with zero attached hydrogens (tertiary/aromatic N) is 4. The van der Waals surface area contributed by atoms with Crippen LogP contribution in [0, 0.1) is 0 Å². The molecular formula is C23H30N6OS. The van der Waals surface area contributed by atoms with Crippen LogP contribution in [-0.4, -0.2) is 47.4 Å². The van der Waals surface area contributed by atoms with Crippen LogP contribution in [0.2, 0.25) is 0 Å². The Labute approximate surface area is 189 Å². The van der Waals surface area contributed by atoms with Crippen molar-refractivity contribution in [2.24, 2.45) is 0 Å². The van der Waals surface area contributed by atoms with Crippen LogP contribution < -0.4 is 20.4 Å². The number of ether oxygens (including phenoxy) is 1. The van der Waals surface area contributed by atoms with Crippen LogP contribution in [0.25, 0.3) is 0 Å². The first kappa shape index (κ1) is 20.5. The van der Waals surface area contributed by atoms with Gasteiger partial charge in [0, 0.05) is 45.4 Å². The van der Waals surface area contributed by atoms with Gasteiger partial charge in [0.05, 0.1) is 6.10 Å². The van der Waals surface area contributed by atoms with Crippen LogP contribution >= 0.6 is 12.2 Å². The van der Waals surface area contributed by atoms with Crippen LogP contribution in [0.4, 0.5) is 17.6 Å². The van der Waals surface area contributed by atoms with Crippen molar-refractivity contribution in [2.75, 3.05) is 41.4 Å². The van der Waals surface area contributed by atoms with E-state index in [2.05, 4.69) is 50.8 Å². The highest BCUT2D eigenvalue weighted by Crippen LogP contribution is 2.30. The highest BCUT2D eigenvalue weighted by atomic mass is 32.1. The van der Waals surface area contributed by atoms with E-state index in [1.54, 1.807) is 0 Å². The maximum absolute atomic E-state index is 5.67. The number of nitrogens with one attached hydrogen (secondary N) is 2. The van der Waals surface area contributed by atoms with E-state index in [4.69, 9.17) is 26.9 Å². The molecule has 31 heavy (non-hydrogen) atoms. The zero-order valence-corrected chi connectivity index (χ0v) is 18.7. The number of hydrogen-bond donors (Lipinski definition) is 2. The van der Waals surface area contributed by atoms with Crippen molar-refractivity contribution < 1.29 is 4.74 Å². The molecule has 0 radical (unpaired) electrons. The molecule has 164 valence electrons. The molecule has 1 aromatic carbocycles. The van der Waals surface area contributed by atoms with Gasteiger partial charge in [-0.25, -0.2) is 0 Å². The Morgan fingerprint density at radius 1 is 1.00 bits per heavy atom. The lowest BCUT2D eigenvalue weighted by atomic mass is 10.1. The Bertz CT molecular complexity index is 901. The molecule has 0 spiro atoms. The molecule has 7 nitrogen and oxygen atoms in total. The van der Waals surface area contributed by atoms with Crippen molar-refractivity contribution >= 4 is 34.9 Å². The van der Waals surface area contributed by atoms with Crippen molar-refractivity contribution in [1.82, 2.24) is 15.3 Å². The van der Waals surface area contributed by atoms with E-state index in [1.807, 2.05) is 0 Å². The van der Waals surface area contributed by atoms with Crippen molar-refractivity contribution in [3.8, 4) is 0 Å². The lowest BCUT2D eigenvalue weighted by Crippen LogP contribution is -2.36. The normalized spacial score (nSPS) is 20.6. The standard InChI is InChI=1S/C23H30N6OS/c31-23(24-14-19-9-6-12-30-19)27-22-25-20(28-10-4-1-5-11-28)13-21(26-22)29-15-17-7-2-3-8-18(17)16-29/h2-3,7-8,13,19H,1,4-6,9-12,14-16H2,(H2,24,25,26,27,31)/t19-/m0/s1. The molecule has 0 unspecified atom stereocenters. The highest BCUT2D eigenvalue weighted by Gasteiger charge is 2.23. The summed E-state index contributed by atoms with van der Waals surface area (Å²) >= 11 is 5.52. The van der Waals surface area contributed by atoms with Crippen molar-refractivity contribution in [2.45, 2.75) is 51.3 Å².